The Labute approximate surface area is 130 Å². The first kappa shape index (κ1) is 16.0. The van der Waals surface area contributed by atoms with Gasteiger partial charge in [-0.05, 0) is 43.2 Å². The maximum Gasteiger partial charge on any atom is 0.321 e. The fourth-order valence-corrected chi connectivity index (χ4v) is 2.74. The average molecular weight is 312 g/mol. The van der Waals surface area contributed by atoms with E-state index in [1.54, 1.807) is 17.2 Å². The number of hydrogen-bond donors (Lipinski definition) is 2. The Kier molecular flexibility index (Phi) is 5.06. The lowest BCUT2D eigenvalue weighted by Crippen LogP contribution is -2.46. The molecule has 2 N–H and O–H groups in total. The highest BCUT2D eigenvalue weighted by Gasteiger charge is 2.33. The molecular formula is C15H22ClN3O2. The lowest BCUT2D eigenvalue weighted by atomic mass is 9.77. The van der Waals surface area contributed by atoms with Gasteiger partial charge in [0.25, 0.3) is 0 Å². The summed E-state index contributed by atoms with van der Waals surface area (Å²) in [5.41, 5.74) is 1.46. The van der Waals surface area contributed by atoms with Gasteiger partial charge in [0, 0.05) is 19.7 Å². The number of carbonyl (C=O) groups excluding carboxylic acids is 1. The van der Waals surface area contributed by atoms with E-state index in [9.17, 15) is 9.90 Å². The van der Waals surface area contributed by atoms with Crippen LogP contribution in [-0.4, -0.2) is 40.7 Å². The molecule has 0 saturated carbocycles. The van der Waals surface area contributed by atoms with Crippen LogP contribution in [0.15, 0.2) is 12.3 Å². The van der Waals surface area contributed by atoms with E-state index in [1.807, 2.05) is 6.92 Å². The Hall–Kier alpha value is -1.33. The lowest BCUT2D eigenvalue weighted by Gasteiger charge is -2.40. The molecule has 2 rings (SSSR count). The zero-order chi connectivity index (χ0) is 15.5. The molecule has 0 bridgehead atoms. The molecule has 2 heterocycles. The fourth-order valence-electron chi connectivity index (χ4n) is 2.64. The third kappa shape index (κ3) is 3.66. The van der Waals surface area contributed by atoms with Crippen molar-refractivity contribution in [2.45, 2.75) is 33.1 Å². The number of likely N-dealkylation sites (tertiary alicyclic amines) is 1. The number of aliphatic hydroxyl groups excluding tert-OH is 1. The number of aryl methyl sites for hydroxylation is 1. The minimum Gasteiger partial charge on any atom is -0.396 e. The van der Waals surface area contributed by atoms with Crippen LogP contribution in [0.1, 0.15) is 31.7 Å². The molecule has 1 aliphatic rings. The highest BCUT2D eigenvalue weighted by Crippen LogP contribution is 2.34. The van der Waals surface area contributed by atoms with Crippen LogP contribution < -0.4 is 5.32 Å². The number of urea groups is 1. The summed E-state index contributed by atoms with van der Waals surface area (Å²) in [4.78, 5) is 18.1. The number of anilines is 1. The summed E-state index contributed by atoms with van der Waals surface area (Å²) in [5.74, 6) is 0. The average Bonchev–Trinajstić information content (AvgIpc) is 2.51. The van der Waals surface area contributed by atoms with Gasteiger partial charge < -0.3 is 15.3 Å². The monoisotopic (exact) mass is 311 g/mol. The number of nitrogens with zero attached hydrogens (tertiary/aromatic N) is 2. The van der Waals surface area contributed by atoms with Gasteiger partial charge in [0.2, 0.25) is 0 Å². The molecule has 1 aliphatic heterocycles. The van der Waals surface area contributed by atoms with Crippen molar-refractivity contribution in [2.24, 2.45) is 5.41 Å². The highest BCUT2D eigenvalue weighted by atomic mass is 35.5. The molecule has 1 saturated heterocycles. The van der Waals surface area contributed by atoms with Crippen molar-refractivity contribution in [3.05, 3.63) is 23.0 Å². The summed E-state index contributed by atoms with van der Waals surface area (Å²) in [7, 11) is 0. The SMILES string of the molecule is CCC1(CO)CCN(C(=O)Nc2cnc(Cl)c(C)c2)CC1. The van der Waals surface area contributed by atoms with Gasteiger partial charge in [0.05, 0.1) is 11.9 Å². The van der Waals surface area contributed by atoms with Crippen molar-refractivity contribution in [2.75, 3.05) is 25.0 Å². The number of rotatable bonds is 3. The maximum absolute atomic E-state index is 12.2. The molecule has 0 atom stereocenters. The van der Waals surface area contributed by atoms with Crippen molar-refractivity contribution in [1.29, 1.82) is 0 Å². The van der Waals surface area contributed by atoms with Gasteiger partial charge in [0.1, 0.15) is 5.15 Å². The van der Waals surface area contributed by atoms with Gasteiger partial charge >= 0.3 is 6.03 Å². The van der Waals surface area contributed by atoms with Gasteiger partial charge in [-0.15, -0.1) is 0 Å². The van der Waals surface area contributed by atoms with Crippen LogP contribution in [0.5, 0.6) is 0 Å². The molecule has 0 aromatic carbocycles. The molecule has 0 spiro atoms. The highest BCUT2D eigenvalue weighted by molar-refractivity contribution is 6.30. The fraction of sp³-hybridized carbons (Fsp3) is 0.600. The number of halogens is 1. The van der Waals surface area contributed by atoms with E-state index in [-0.39, 0.29) is 18.1 Å². The number of amides is 2. The second-order valence-electron chi connectivity index (χ2n) is 5.76. The van der Waals surface area contributed by atoms with Crippen molar-refractivity contribution in [3.8, 4) is 0 Å². The van der Waals surface area contributed by atoms with Crippen LogP contribution in [-0.2, 0) is 0 Å². The Morgan fingerprint density at radius 2 is 2.19 bits per heavy atom. The Balaban J connectivity index is 1.94. The van der Waals surface area contributed by atoms with Gasteiger partial charge in [-0.1, -0.05) is 18.5 Å². The van der Waals surface area contributed by atoms with Gasteiger partial charge in [0.15, 0.2) is 0 Å². The summed E-state index contributed by atoms with van der Waals surface area (Å²) in [6.07, 6.45) is 4.18. The van der Waals surface area contributed by atoms with Crippen molar-refractivity contribution < 1.29 is 9.90 Å². The molecule has 21 heavy (non-hydrogen) atoms. The molecular weight excluding hydrogens is 290 g/mol. The normalized spacial score (nSPS) is 17.6. The second-order valence-corrected chi connectivity index (χ2v) is 6.12. The zero-order valence-corrected chi connectivity index (χ0v) is 13.3. The minimum absolute atomic E-state index is 0.0187. The largest absolute Gasteiger partial charge is 0.396 e. The van der Waals surface area contributed by atoms with E-state index < -0.39 is 0 Å². The Morgan fingerprint density at radius 3 is 2.71 bits per heavy atom. The topological polar surface area (TPSA) is 65.5 Å². The van der Waals surface area contributed by atoms with Crippen LogP contribution in [0.4, 0.5) is 10.5 Å². The van der Waals surface area contributed by atoms with Crippen LogP contribution in [0.25, 0.3) is 0 Å². The molecule has 0 radical (unpaired) electrons. The predicted molar refractivity (Wildman–Crippen MR) is 83.6 cm³/mol. The molecule has 0 aliphatic carbocycles. The summed E-state index contributed by atoms with van der Waals surface area (Å²) >= 11 is 5.87. The Bertz CT molecular complexity index is 508. The Morgan fingerprint density at radius 1 is 1.52 bits per heavy atom. The van der Waals surface area contributed by atoms with E-state index >= 15 is 0 Å². The van der Waals surface area contributed by atoms with Crippen molar-refractivity contribution >= 4 is 23.3 Å². The third-order valence-corrected chi connectivity index (χ3v) is 4.86. The van der Waals surface area contributed by atoms with Crippen LogP contribution in [0.3, 0.4) is 0 Å². The maximum atomic E-state index is 12.2. The van der Waals surface area contributed by atoms with Crippen molar-refractivity contribution in [3.63, 3.8) is 0 Å². The summed E-state index contributed by atoms with van der Waals surface area (Å²) in [5, 5.41) is 12.8. The molecule has 0 unspecified atom stereocenters. The molecule has 116 valence electrons. The predicted octanol–water partition coefficient (Wildman–Crippen LogP) is 3.06. The summed E-state index contributed by atoms with van der Waals surface area (Å²) in [6, 6.07) is 1.68. The standard InChI is InChI=1S/C15H22ClN3O2/c1-3-15(10-20)4-6-19(7-5-15)14(21)18-12-8-11(2)13(16)17-9-12/h8-9,20H,3-7,10H2,1-2H3,(H,18,21). The van der Waals surface area contributed by atoms with Crippen LogP contribution in [0, 0.1) is 12.3 Å². The molecule has 1 fully saturated rings. The number of aliphatic hydroxyl groups is 1. The van der Waals surface area contributed by atoms with Gasteiger partial charge in [-0.2, -0.15) is 0 Å². The lowest BCUT2D eigenvalue weighted by molar-refractivity contribution is 0.0542. The first-order valence-electron chi connectivity index (χ1n) is 7.28. The van der Waals surface area contributed by atoms with Crippen LogP contribution >= 0.6 is 11.6 Å². The van der Waals surface area contributed by atoms with E-state index in [0.29, 0.717) is 23.9 Å². The molecule has 2 amide bonds. The van der Waals surface area contributed by atoms with E-state index in [2.05, 4.69) is 17.2 Å². The first-order valence-corrected chi connectivity index (χ1v) is 7.66. The first-order chi connectivity index (χ1) is 9.99. The molecule has 1 aromatic rings. The minimum atomic E-state index is -0.124. The van der Waals surface area contributed by atoms with Crippen LogP contribution in [0.2, 0.25) is 5.15 Å². The third-order valence-electron chi connectivity index (χ3n) is 4.46. The van der Waals surface area contributed by atoms with E-state index in [0.717, 1.165) is 24.8 Å². The number of pyridine rings is 1. The number of carbonyl (C=O) groups is 1. The second kappa shape index (κ2) is 6.62. The van der Waals surface area contributed by atoms with Gasteiger partial charge in [-0.25, -0.2) is 9.78 Å². The number of aromatic nitrogens is 1. The van der Waals surface area contributed by atoms with E-state index in [4.69, 9.17) is 11.6 Å². The summed E-state index contributed by atoms with van der Waals surface area (Å²) < 4.78 is 0. The molecule has 1 aromatic heterocycles. The number of hydrogen-bond acceptors (Lipinski definition) is 3. The van der Waals surface area contributed by atoms with Crippen molar-refractivity contribution in [1.82, 2.24) is 9.88 Å². The number of piperidine rings is 1. The zero-order valence-electron chi connectivity index (χ0n) is 12.5. The molecule has 6 heteroatoms. The van der Waals surface area contributed by atoms with E-state index in [1.165, 1.54) is 0 Å². The molecule has 5 nitrogen and oxygen atoms in total. The number of nitrogens with one attached hydrogen (secondary N) is 1. The quantitative estimate of drug-likeness (QED) is 0.843. The smallest absolute Gasteiger partial charge is 0.321 e. The van der Waals surface area contributed by atoms with Gasteiger partial charge in [-0.3, -0.25) is 0 Å². The summed E-state index contributed by atoms with van der Waals surface area (Å²) in [6.45, 7) is 5.47.